The molecule has 0 bridgehead atoms. The fourth-order valence-electron chi connectivity index (χ4n) is 6.52. The first-order chi connectivity index (χ1) is 29.0. The van der Waals surface area contributed by atoms with Gasteiger partial charge in [0.25, 0.3) is 0 Å². The van der Waals surface area contributed by atoms with Gasteiger partial charge in [-0.15, -0.1) is 0 Å². The number of carbonyl (C=O) groups excluding carboxylic acids is 3. The van der Waals surface area contributed by atoms with Gasteiger partial charge in [0, 0.05) is 19.3 Å². The Bertz CT molecular complexity index is 1130. The molecule has 0 aromatic carbocycles. The minimum absolute atomic E-state index is 0.114. The fourth-order valence-corrected chi connectivity index (χ4v) is 6.52. The molecule has 0 saturated heterocycles. The van der Waals surface area contributed by atoms with E-state index in [4.69, 9.17) is 14.2 Å². The van der Waals surface area contributed by atoms with Crippen LogP contribution in [0, 0.1) is 0 Å². The second kappa shape index (κ2) is 47.5. The maximum Gasteiger partial charge on any atom is 0.306 e. The van der Waals surface area contributed by atoms with Crippen LogP contribution in [0.3, 0.4) is 0 Å². The summed E-state index contributed by atoms with van der Waals surface area (Å²) in [5.41, 5.74) is 0. The van der Waals surface area contributed by atoms with E-state index < -0.39 is 12.1 Å². The Labute approximate surface area is 363 Å². The Morgan fingerprint density at radius 1 is 0.373 bits per heavy atom. The molecule has 6 heteroatoms. The van der Waals surface area contributed by atoms with E-state index in [9.17, 15) is 14.4 Å². The molecular formula is C53H90O6. The molecule has 0 saturated carbocycles. The molecule has 0 spiro atoms. The largest absolute Gasteiger partial charge is 0.462 e. The monoisotopic (exact) mass is 823 g/mol. The highest BCUT2D eigenvalue weighted by Crippen LogP contribution is 2.12. The zero-order valence-corrected chi connectivity index (χ0v) is 38.5. The highest BCUT2D eigenvalue weighted by atomic mass is 16.6. The number of hydrogen-bond donors (Lipinski definition) is 0. The smallest absolute Gasteiger partial charge is 0.306 e. The Morgan fingerprint density at radius 3 is 1.20 bits per heavy atom. The van der Waals surface area contributed by atoms with Crippen LogP contribution in [0.15, 0.2) is 72.9 Å². The number of allylic oxidation sites excluding steroid dienone is 12. The highest BCUT2D eigenvalue weighted by Gasteiger charge is 2.19. The molecule has 338 valence electrons. The maximum absolute atomic E-state index is 12.7. The molecule has 0 fully saturated rings. The number of ether oxygens (including phenoxy) is 3. The van der Waals surface area contributed by atoms with Crippen molar-refractivity contribution in [2.24, 2.45) is 0 Å². The van der Waals surface area contributed by atoms with E-state index >= 15 is 0 Å². The lowest BCUT2D eigenvalue weighted by molar-refractivity contribution is -0.166. The van der Waals surface area contributed by atoms with Gasteiger partial charge in [-0.25, -0.2) is 0 Å². The maximum atomic E-state index is 12.7. The van der Waals surface area contributed by atoms with E-state index in [0.717, 1.165) is 96.3 Å². The van der Waals surface area contributed by atoms with Crippen molar-refractivity contribution in [2.75, 3.05) is 13.2 Å². The Morgan fingerprint density at radius 2 is 0.746 bits per heavy atom. The van der Waals surface area contributed by atoms with E-state index in [1.807, 2.05) is 6.08 Å². The van der Waals surface area contributed by atoms with Crippen molar-refractivity contribution in [3.05, 3.63) is 72.9 Å². The van der Waals surface area contributed by atoms with Gasteiger partial charge in [0.2, 0.25) is 0 Å². The molecule has 0 aliphatic rings. The first-order valence-corrected chi connectivity index (χ1v) is 24.5. The van der Waals surface area contributed by atoms with Gasteiger partial charge in [-0.3, -0.25) is 14.4 Å². The Kier molecular flexibility index (Phi) is 45.0. The number of unbranched alkanes of at least 4 members (excludes halogenated alkanes) is 21. The molecule has 0 radical (unpaired) electrons. The van der Waals surface area contributed by atoms with Crippen LogP contribution in [-0.2, 0) is 28.6 Å². The summed E-state index contributed by atoms with van der Waals surface area (Å²) in [5, 5.41) is 0. The Hall–Kier alpha value is -3.15. The molecule has 6 nitrogen and oxygen atoms in total. The van der Waals surface area contributed by atoms with Gasteiger partial charge >= 0.3 is 17.9 Å². The van der Waals surface area contributed by atoms with Crippen molar-refractivity contribution in [1.29, 1.82) is 0 Å². The predicted octanol–water partition coefficient (Wildman–Crippen LogP) is 15.9. The zero-order valence-electron chi connectivity index (χ0n) is 38.5. The summed E-state index contributed by atoms with van der Waals surface area (Å²) in [7, 11) is 0. The minimum atomic E-state index is -0.821. The van der Waals surface area contributed by atoms with Gasteiger partial charge in [-0.05, 0) is 89.9 Å². The van der Waals surface area contributed by atoms with E-state index in [0.29, 0.717) is 19.3 Å². The summed E-state index contributed by atoms with van der Waals surface area (Å²) in [6.07, 6.45) is 59.0. The standard InChI is InChI=1S/C53H90O6/c1-4-7-10-13-16-19-22-25-26-27-29-31-34-37-40-43-46-52(55)58-49-50(48-57-51(54)45-42-39-36-33-30-24-21-18-15-12-9-6-3)59-53(56)47-44-41-38-35-32-28-23-20-17-14-11-8-5-2/h9,12,18,21,26-29,31-32,38,41,50H,4-8,10-11,13-17,19-20,22-25,30,33-37,39-40,42-49H2,1-3H3/b12-9-,21-18-,27-26-,31-29-,32-28-,41-38-. The van der Waals surface area contributed by atoms with Crippen molar-refractivity contribution in [2.45, 2.75) is 232 Å². The minimum Gasteiger partial charge on any atom is -0.462 e. The third-order valence-corrected chi connectivity index (χ3v) is 10.2. The molecule has 0 aromatic rings. The summed E-state index contributed by atoms with van der Waals surface area (Å²) in [5.74, 6) is -1.03. The third kappa shape index (κ3) is 45.8. The second-order valence-electron chi connectivity index (χ2n) is 16.0. The highest BCUT2D eigenvalue weighted by molar-refractivity contribution is 5.71. The normalized spacial score (nSPS) is 12.7. The van der Waals surface area contributed by atoms with Gasteiger partial charge in [0.15, 0.2) is 6.10 Å². The second-order valence-corrected chi connectivity index (χ2v) is 16.0. The van der Waals surface area contributed by atoms with E-state index in [1.54, 1.807) is 0 Å². The molecule has 1 atom stereocenters. The summed E-state index contributed by atoms with van der Waals surface area (Å²) in [6, 6.07) is 0. The van der Waals surface area contributed by atoms with Gasteiger partial charge < -0.3 is 14.2 Å². The molecule has 0 aliphatic carbocycles. The SMILES string of the molecule is CC/C=C\C/C=C\CCCCCCCC(=O)OCC(COC(=O)CCCCC/C=C\C=C/CCCCCCCCC)OC(=O)CC/C=C\C/C=C\CCCCCCCC. The van der Waals surface area contributed by atoms with Gasteiger partial charge in [0.05, 0.1) is 0 Å². The number of rotatable bonds is 43. The van der Waals surface area contributed by atoms with E-state index in [2.05, 4.69) is 87.6 Å². The Balaban J connectivity index is 4.50. The molecule has 59 heavy (non-hydrogen) atoms. The van der Waals surface area contributed by atoms with Crippen LogP contribution in [0.1, 0.15) is 226 Å². The molecule has 0 rings (SSSR count). The van der Waals surface area contributed by atoms with Gasteiger partial charge in [-0.2, -0.15) is 0 Å². The first-order valence-electron chi connectivity index (χ1n) is 24.5. The van der Waals surface area contributed by atoms with Crippen LogP contribution >= 0.6 is 0 Å². The van der Waals surface area contributed by atoms with Crippen LogP contribution in [0.25, 0.3) is 0 Å². The van der Waals surface area contributed by atoms with Crippen LogP contribution in [0.2, 0.25) is 0 Å². The van der Waals surface area contributed by atoms with E-state index in [1.165, 1.54) is 83.5 Å². The van der Waals surface area contributed by atoms with Crippen molar-refractivity contribution in [3.63, 3.8) is 0 Å². The van der Waals surface area contributed by atoms with Crippen molar-refractivity contribution in [3.8, 4) is 0 Å². The lowest BCUT2D eigenvalue weighted by atomic mass is 10.1. The first kappa shape index (κ1) is 55.9. The third-order valence-electron chi connectivity index (χ3n) is 10.2. The summed E-state index contributed by atoms with van der Waals surface area (Å²) < 4.78 is 16.6. The van der Waals surface area contributed by atoms with Gasteiger partial charge in [-0.1, -0.05) is 190 Å². The lowest BCUT2D eigenvalue weighted by Gasteiger charge is -2.18. The van der Waals surface area contributed by atoms with E-state index in [-0.39, 0.29) is 31.6 Å². The zero-order chi connectivity index (χ0) is 43.0. The van der Waals surface area contributed by atoms with Crippen LogP contribution < -0.4 is 0 Å². The molecule has 0 amide bonds. The topological polar surface area (TPSA) is 78.9 Å². The number of hydrogen-bond acceptors (Lipinski definition) is 6. The average molecular weight is 823 g/mol. The van der Waals surface area contributed by atoms with Crippen LogP contribution in [0.5, 0.6) is 0 Å². The molecular weight excluding hydrogens is 733 g/mol. The molecule has 0 heterocycles. The van der Waals surface area contributed by atoms with Crippen LogP contribution in [0.4, 0.5) is 0 Å². The number of carbonyl (C=O) groups is 3. The molecule has 0 aliphatic heterocycles. The fraction of sp³-hybridized carbons (Fsp3) is 0.717. The van der Waals surface area contributed by atoms with Gasteiger partial charge in [0.1, 0.15) is 13.2 Å². The predicted molar refractivity (Wildman–Crippen MR) is 251 cm³/mol. The number of esters is 3. The van der Waals surface area contributed by atoms with Crippen molar-refractivity contribution in [1.82, 2.24) is 0 Å². The summed E-state index contributed by atoms with van der Waals surface area (Å²) in [4.78, 5) is 37.8. The van der Waals surface area contributed by atoms with Crippen LogP contribution in [-0.4, -0.2) is 37.2 Å². The van der Waals surface area contributed by atoms with Crippen molar-refractivity contribution >= 4 is 17.9 Å². The summed E-state index contributed by atoms with van der Waals surface area (Å²) >= 11 is 0. The van der Waals surface area contributed by atoms with Crippen molar-refractivity contribution < 1.29 is 28.6 Å². The summed E-state index contributed by atoms with van der Waals surface area (Å²) in [6.45, 7) is 6.42. The lowest BCUT2D eigenvalue weighted by Crippen LogP contribution is -2.30. The molecule has 0 aromatic heterocycles. The molecule has 0 N–H and O–H groups in total. The average Bonchev–Trinajstić information content (AvgIpc) is 3.23. The molecule has 1 unspecified atom stereocenters. The quantitative estimate of drug-likeness (QED) is 0.0200.